The number of rotatable bonds is 12. The molecular weight excluding hydrogens is 566 g/mol. The molecule has 0 aromatic heterocycles. The number of hydrogen-bond donors (Lipinski definition) is 7. The van der Waals surface area contributed by atoms with Crippen LogP contribution in [0.3, 0.4) is 0 Å². The summed E-state index contributed by atoms with van der Waals surface area (Å²) in [5.41, 5.74) is 1.55. The number of aromatic hydroxyl groups is 2. The van der Waals surface area contributed by atoms with E-state index in [9.17, 15) is 47.3 Å². The van der Waals surface area contributed by atoms with Crippen LogP contribution >= 0.6 is 15.2 Å². The van der Waals surface area contributed by atoms with Crippen LogP contribution in [0.25, 0.3) is 0 Å². The van der Waals surface area contributed by atoms with Crippen LogP contribution in [0.15, 0.2) is 42.5 Å². The van der Waals surface area contributed by atoms with Gasteiger partial charge in [0.25, 0.3) is 0 Å². The molecule has 0 heterocycles. The molecule has 0 aliphatic rings. The second-order valence-electron chi connectivity index (χ2n) is 8.27. The van der Waals surface area contributed by atoms with Crippen LogP contribution in [-0.4, -0.2) is 108 Å². The molecule has 0 spiro atoms. The maximum atomic E-state index is 12.6. The van der Waals surface area contributed by atoms with Crippen molar-refractivity contribution in [1.82, 2.24) is 0 Å². The van der Waals surface area contributed by atoms with E-state index in [1.165, 1.54) is 12.1 Å². The topological polar surface area (TPSA) is 202 Å². The van der Waals surface area contributed by atoms with Gasteiger partial charge in [-0.1, -0.05) is 32.0 Å². The van der Waals surface area contributed by atoms with Crippen molar-refractivity contribution in [2.24, 2.45) is 0 Å². The van der Waals surface area contributed by atoms with Gasteiger partial charge in [0, 0.05) is 59.1 Å². The van der Waals surface area contributed by atoms with Crippen molar-refractivity contribution in [3.63, 3.8) is 0 Å². The van der Waals surface area contributed by atoms with Crippen molar-refractivity contribution in [3.8, 4) is 11.5 Å². The largest absolute Gasteiger partial charge is 0.508 e. The molecule has 2 rings (SSSR count). The molecular formula is C21H31NNa2O10P2S. The second kappa shape index (κ2) is 15.2. The summed E-state index contributed by atoms with van der Waals surface area (Å²) in [7, 11) is -14.9. The standard InChI is InChI=1S/C21H31NO10P2S.2Na/c1-3-17(14-5-8-16(23)9-6-14)18(4-2)15-7-10-20(24)19(13-15)22-35(31,32)12-11-21(33(25,26)27)34(28,29)30;;/h5-10,13,17-18,21-24H,3-4,11-12H2,1-2H3,(H2,25,26,27)(H2,28,29,30);;. The summed E-state index contributed by atoms with van der Waals surface area (Å²) in [4.78, 5) is 36.8. The predicted molar refractivity (Wildman–Crippen MR) is 144 cm³/mol. The van der Waals surface area contributed by atoms with Crippen molar-refractivity contribution in [2.45, 2.75) is 50.3 Å². The number of benzene rings is 2. The van der Waals surface area contributed by atoms with Gasteiger partial charge in [-0.3, -0.25) is 13.9 Å². The number of nitrogens with one attached hydrogen (secondary N) is 1. The molecule has 0 amide bonds. The number of phenolic OH excluding ortho intramolecular Hbond substituents is 2. The minimum absolute atomic E-state index is 0. The predicted octanol–water partition coefficient (Wildman–Crippen LogP) is 2.84. The van der Waals surface area contributed by atoms with Crippen LogP contribution < -0.4 is 4.72 Å². The molecule has 0 saturated heterocycles. The zero-order valence-corrected chi connectivity index (χ0v) is 27.8. The third-order valence-corrected chi connectivity index (χ3v) is 11.0. The maximum Gasteiger partial charge on any atom is 0.340 e. The fourth-order valence-corrected chi connectivity index (χ4v) is 8.10. The molecule has 37 heavy (non-hydrogen) atoms. The van der Waals surface area contributed by atoms with E-state index >= 15 is 0 Å². The van der Waals surface area contributed by atoms with Gasteiger partial charge in [0.05, 0.1) is 11.4 Å². The van der Waals surface area contributed by atoms with Crippen LogP contribution in [0.4, 0.5) is 5.69 Å². The molecule has 2 aromatic rings. The van der Waals surface area contributed by atoms with E-state index in [2.05, 4.69) is 4.72 Å². The van der Waals surface area contributed by atoms with Crippen molar-refractivity contribution >= 4 is 90.0 Å². The average molecular weight is 597 g/mol. The number of anilines is 1. The Morgan fingerprint density at radius 2 is 1.27 bits per heavy atom. The number of phenols is 2. The molecule has 0 aliphatic carbocycles. The first-order valence-electron chi connectivity index (χ1n) is 10.8. The molecule has 7 N–H and O–H groups in total. The Hall–Kier alpha value is 0.0900. The summed E-state index contributed by atoms with van der Waals surface area (Å²) in [5.74, 6) is -1.27. The monoisotopic (exact) mass is 597 g/mol. The van der Waals surface area contributed by atoms with E-state index in [0.717, 1.165) is 17.5 Å². The van der Waals surface area contributed by atoms with Gasteiger partial charge < -0.3 is 29.8 Å². The summed E-state index contributed by atoms with van der Waals surface area (Å²) in [5, 5.41) is 17.4. The summed E-state index contributed by atoms with van der Waals surface area (Å²) >= 11 is 0. The number of hydrogen-bond acceptors (Lipinski definition) is 6. The summed E-state index contributed by atoms with van der Waals surface area (Å²) in [6.07, 6.45) is 0.445. The first kappa shape index (κ1) is 37.1. The minimum atomic E-state index is -5.27. The van der Waals surface area contributed by atoms with Gasteiger partial charge >= 0.3 is 15.2 Å². The molecule has 11 nitrogen and oxygen atoms in total. The Bertz CT molecular complexity index is 1200. The van der Waals surface area contributed by atoms with E-state index in [1.54, 1.807) is 18.2 Å². The molecule has 0 bridgehead atoms. The van der Waals surface area contributed by atoms with Crippen LogP contribution in [0.2, 0.25) is 0 Å². The summed E-state index contributed by atoms with van der Waals surface area (Å²) in [6.45, 7) is 3.97. The number of sulfonamides is 1. The van der Waals surface area contributed by atoms with Crippen molar-refractivity contribution in [1.29, 1.82) is 0 Å². The molecule has 198 valence electrons. The first-order chi connectivity index (χ1) is 16.1. The molecule has 2 aromatic carbocycles. The smallest absolute Gasteiger partial charge is 0.340 e. The van der Waals surface area contributed by atoms with Crippen LogP contribution in [0.5, 0.6) is 11.5 Å². The van der Waals surface area contributed by atoms with E-state index in [4.69, 9.17) is 0 Å². The van der Waals surface area contributed by atoms with E-state index < -0.39 is 42.8 Å². The molecule has 2 atom stereocenters. The SMILES string of the molecule is CCC(c1ccc(O)cc1)C(CC)c1ccc(O)c(NS(=O)(=O)CCC(P(=O)(O)O)P(=O)(O)O)c1.[Na].[Na]. The average Bonchev–Trinajstić information content (AvgIpc) is 2.72. The van der Waals surface area contributed by atoms with Gasteiger partial charge in [-0.25, -0.2) is 8.42 Å². The van der Waals surface area contributed by atoms with Gasteiger partial charge in [-0.2, -0.15) is 0 Å². The normalized spacial score (nSPS) is 13.8. The second-order valence-corrected chi connectivity index (χ2v) is 14.1. The van der Waals surface area contributed by atoms with Crippen LogP contribution in [0.1, 0.15) is 56.1 Å². The van der Waals surface area contributed by atoms with Crippen LogP contribution in [0, 0.1) is 0 Å². The zero-order chi connectivity index (χ0) is 26.6. The van der Waals surface area contributed by atoms with Crippen LogP contribution in [-0.2, 0) is 19.2 Å². The Kier molecular flexibility index (Phi) is 15.2. The molecule has 16 heteroatoms. The van der Waals surface area contributed by atoms with E-state index in [-0.39, 0.29) is 88.1 Å². The molecule has 0 saturated carbocycles. The summed E-state index contributed by atoms with van der Waals surface area (Å²) < 4.78 is 50.1. The van der Waals surface area contributed by atoms with Gasteiger partial charge in [0.1, 0.15) is 11.5 Å². The van der Waals surface area contributed by atoms with Gasteiger partial charge in [-0.05, 0) is 66.5 Å². The third-order valence-electron chi connectivity index (χ3n) is 5.82. The fourth-order valence-electron chi connectivity index (χ4n) is 4.10. The van der Waals surface area contributed by atoms with E-state index in [0.29, 0.717) is 6.42 Å². The minimum Gasteiger partial charge on any atom is -0.508 e. The van der Waals surface area contributed by atoms with Gasteiger partial charge in [0.15, 0.2) is 5.40 Å². The Balaban J connectivity index is 0.00000648. The van der Waals surface area contributed by atoms with Crippen molar-refractivity contribution in [2.75, 3.05) is 10.5 Å². The van der Waals surface area contributed by atoms with Gasteiger partial charge in [-0.15, -0.1) is 0 Å². The van der Waals surface area contributed by atoms with Gasteiger partial charge in [0.2, 0.25) is 10.0 Å². The molecule has 2 unspecified atom stereocenters. The molecule has 0 aliphatic heterocycles. The Labute approximate surface area is 261 Å². The first-order valence-corrected chi connectivity index (χ1v) is 15.8. The quantitative estimate of drug-likeness (QED) is 0.108. The molecule has 0 fully saturated rings. The zero-order valence-electron chi connectivity index (χ0n) is 21.2. The Morgan fingerprint density at radius 3 is 1.73 bits per heavy atom. The summed E-state index contributed by atoms with van der Waals surface area (Å²) in [6, 6.07) is 11.3. The van der Waals surface area contributed by atoms with Crippen molar-refractivity contribution in [3.05, 3.63) is 53.6 Å². The fraction of sp³-hybridized carbons (Fsp3) is 0.429. The Morgan fingerprint density at radius 1 is 0.811 bits per heavy atom. The van der Waals surface area contributed by atoms with Crippen molar-refractivity contribution < 1.29 is 47.3 Å². The third kappa shape index (κ3) is 10.9. The molecule has 2 radical (unpaired) electrons. The maximum absolute atomic E-state index is 12.6. The van der Waals surface area contributed by atoms with E-state index in [1.807, 2.05) is 26.0 Å².